The van der Waals surface area contributed by atoms with E-state index in [1.165, 1.54) is 33.4 Å². The van der Waals surface area contributed by atoms with Gasteiger partial charge in [-0.05, 0) is 123 Å². The van der Waals surface area contributed by atoms with E-state index in [1.807, 2.05) is 0 Å². The Morgan fingerprint density at radius 3 is 1.09 bits per heavy atom. The van der Waals surface area contributed by atoms with Gasteiger partial charge in [-0.2, -0.15) is 0 Å². The van der Waals surface area contributed by atoms with Crippen molar-refractivity contribution in [2.24, 2.45) is 0 Å². The molecule has 0 saturated carbocycles. The molecule has 0 spiro atoms. The molecule has 0 unspecified atom stereocenters. The maximum absolute atomic E-state index is 6.36. The zero-order valence-corrected chi connectivity index (χ0v) is 28.4. The van der Waals surface area contributed by atoms with Crippen molar-refractivity contribution in [3.63, 3.8) is 0 Å². The van der Waals surface area contributed by atoms with E-state index in [1.54, 1.807) is 0 Å². The highest BCUT2D eigenvalue weighted by molar-refractivity contribution is 6.62. The highest BCUT2D eigenvalue weighted by atomic mass is 16.7. The van der Waals surface area contributed by atoms with Crippen molar-refractivity contribution in [3.05, 3.63) is 96.1 Å². The van der Waals surface area contributed by atoms with E-state index in [0.717, 1.165) is 22.1 Å². The minimum absolute atomic E-state index is 0.149. The maximum Gasteiger partial charge on any atom is 0.494 e. The van der Waals surface area contributed by atoms with E-state index in [-0.39, 0.29) is 42.1 Å². The third kappa shape index (κ3) is 4.84. The predicted molar refractivity (Wildman–Crippen MR) is 186 cm³/mol. The van der Waals surface area contributed by atoms with E-state index in [4.69, 9.17) is 18.6 Å². The average Bonchev–Trinajstić information content (AvgIpc) is 3.46. The minimum Gasteiger partial charge on any atom is -0.399 e. The first-order chi connectivity index (χ1) is 21.0. The van der Waals surface area contributed by atoms with Gasteiger partial charge in [-0.15, -0.1) is 0 Å². The molecule has 4 aromatic rings. The second kappa shape index (κ2) is 9.92. The minimum atomic E-state index is -0.383. The molecule has 0 aromatic heterocycles. The van der Waals surface area contributed by atoms with Gasteiger partial charge in [-0.3, -0.25) is 0 Å². The van der Waals surface area contributed by atoms with Crippen LogP contribution in [0, 0.1) is 0 Å². The van der Waals surface area contributed by atoms with E-state index in [9.17, 15) is 0 Å². The Kier molecular flexibility index (Phi) is 6.73. The second-order valence-electron chi connectivity index (χ2n) is 15.6. The first kappa shape index (κ1) is 30.5. The lowest BCUT2D eigenvalue weighted by Gasteiger charge is -2.32. The molecule has 3 aliphatic rings. The van der Waals surface area contributed by atoms with Crippen LogP contribution in [0.4, 0.5) is 0 Å². The van der Waals surface area contributed by atoms with Crippen LogP contribution in [0.15, 0.2) is 84.9 Å². The molecule has 4 nitrogen and oxygen atoms in total. The van der Waals surface area contributed by atoms with Gasteiger partial charge in [0.1, 0.15) is 0 Å². The molecule has 0 atom stereocenters. The molecule has 1 aliphatic carbocycles. The summed E-state index contributed by atoms with van der Waals surface area (Å²) in [4.78, 5) is 0. The van der Waals surface area contributed by atoms with Crippen molar-refractivity contribution in [1.29, 1.82) is 0 Å². The molecule has 0 N–H and O–H groups in total. The van der Waals surface area contributed by atoms with Gasteiger partial charge in [0.2, 0.25) is 0 Å². The Morgan fingerprint density at radius 2 is 0.733 bits per heavy atom. The largest absolute Gasteiger partial charge is 0.494 e. The predicted octanol–water partition coefficient (Wildman–Crippen LogP) is 7.93. The summed E-state index contributed by atoms with van der Waals surface area (Å²) in [6, 6.07) is 31.0. The van der Waals surface area contributed by atoms with Crippen molar-refractivity contribution in [2.45, 2.75) is 97.1 Å². The van der Waals surface area contributed by atoms with Gasteiger partial charge in [0, 0.05) is 5.41 Å². The first-order valence-corrected chi connectivity index (χ1v) is 16.2. The summed E-state index contributed by atoms with van der Waals surface area (Å²) in [6.45, 7) is 21.4. The smallest absolute Gasteiger partial charge is 0.399 e. The van der Waals surface area contributed by atoms with Gasteiger partial charge in [0.25, 0.3) is 0 Å². The van der Waals surface area contributed by atoms with Crippen molar-refractivity contribution in [2.75, 3.05) is 0 Å². The van der Waals surface area contributed by atoms with Gasteiger partial charge < -0.3 is 18.6 Å². The van der Waals surface area contributed by atoms with Crippen LogP contribution in [0.1, 0.15) is 80.4 Å². The van der Waals surface area contributed by atoms with Crippen LogP contribution < -0.4 is 10.9 Å². The van der Waals surface area contributed by atoms with E-state index >= 15 is 0 Å². The Labute approximate surface area is 269 Å². The molecule has 4 aromatic carbocycles. The van der Waals surface area contributed by atoms with Crippen LogP contribution >= 0.6 is 0 Å². The summed E-state index contributed by atoms with van der Waals surface area (Å²) < 4.78 is 25.4. The molecular weight excluding hydrogens is 554 g/mol. The first-order valence-electron chi connectivity index (χ1n) is 16.2. The van der Waals surface area contributed by atoms with Gasteiger partial charge in [-0.1, -0.05) is 86.6 Å². The number of hydrogen-bond donors (Lipinski definition) is 0. The topological polar surface area (TPSA) is 36.9 Å². The summed E-state index contributed by atoms with van der Waals surface area (Å²) in [5.74, 6) is 0. The summed E-state index contributed by atoms with van der Waals surface area (Å²) in [6.07, 6.45) is 0. The Hall–Kier alpha value is -3.15. The van der Waals surface area contributed by atoms with Crippen molar-refractivity contribution in [3.8, 4) is 33.4 Å². The lowest BCUT2D eigenvalue weighted by Crippen LogP contribution is -2.41. The zero-order chi connectivity index (χ0) is 32.2. The molecule has 2 heterocycles. The maximum atomic E-state index is 6.36. The zero-order valence-electron chi connectivity index (χ0n) is 28.4. The molecule has 6 heteroatoms. The molecule has 2 fully saturated rings. The van der Waals surface area contributed by atoms with Crippen molar-refractivity contribution < 1.29 is 18.6 Å². The number of hydrogen-bond acceptors (Lipinski definition) is 4. The molecular formula is C39H44B2O4. The van der Waals surface area contributed by atoms with E-state index in [0.29, 0.717) is 0 Å². The van der Waals surface area contributed by atoms with Gasteiger partial charge >= 0.3 is 14.2 Å². The lowest BCUT2D eigenvalue weighted by molar-refractivity contribution is 0.00578. The summed E-state index contributed by atoms with van der Waals surface area (Å²) in [5.41, 5.74) is 10.5. The van der Waals surface area contributed by atoms with Crippen molar-refractivity contribution in [1.82, 2.24) is 0 Å². The molecule has 0 bridgehead atoms. The SMILES string of the molecule is CC1(C)c2cc(-c3cccc(B4OC(C)(C)C(C)(C)O4)c3)ccc2-c2ccc(-c3cccc(B4OC(C)(C)C(C)(C)O4)c3)cc21. The fraction of sp³-hybridized carbons (Fsp3) is 0.385. The number of fused-ring (bicyclic) bond motifs is 3. The Bertz CT molecular complexity index is 1660. The molecule has 2 saturated heterocycles. The van der Waals surface area contributed by atoms with Crippen LogP contribution in [0.25, 0.3) is 33.4 Å². The lowest BCUT2D eigenvalue weighted by atomic mass is 9.77. The Morgan fingerprint density at radius 1 is 0.400 bits per heavy atom. The van der Waals surface area contributed by atoms with E-state index in [2.05, 4.69) is 154 Å². The van der Waals surface area contributed by atoms with Crippen LogP contribution in [-0.2, 0) is 24.0 Å². The molecule has 2 aliphatic heterocycles. The second-order valence-corrected chi connectivity index (χ2v) is 15.6. The third-order valence-corrected chi connectivity index (χ3v) is 11.2. The number of rotatable bonds is 4. The van der Waals surface area contributed by atoms with Gasteiger partial charge in [0.15, 0.2) is 0 Å². The quantitative estimate of drug-likeness (QED) is 0.224. The highest BCUT2D eigenvalue weighted by Gasteiger charge is 2.52. The molecule has 0 radical (unpaired) electrons. The monoisotopic (exact) mass is 598 g/mol. The van der Waals surface area contributed by atoms with E-state index < -0.39 is 0 Å². The summed E-state index contributed by atoms with van der Waals surface area (Å²) in [7, 11) is -0.765. The van der Waals surface area contributed by atoms with Crippen LogP contribution in [0.3, 0.4) is 0 Å². The fourth-order valence-corrected chi connectivity index (χ4v) is 6.78. The summed E-state index contributed by atoms with van der Waals surface area (Å²) >= 11 is 0. The molecule has 0 amide bonds. The van der Waals surface area contributed by atoms with Gasteiger partial charge in [-0.25, -0.2) is 0 Å². The van der Waals surface area contributed by atoms with Gasteiger partial charge in [0.05, 0.1) is 22.4 Å². The standard InChI is InChI=1S/C39H44B2O4/c1-35(2)33-23-27(25-13-11-15-29(21-25)40-42-36(3,4)37(5,6)43-40)17-19-31(33)32-20-18-28(24-34(32)35)26-14-12-16-30(22-26)41-44-38(7,8)39(9,10)45-41/h11-24H,1-10H3. The number of benzene rings is 4. The third-order valence-electron chi connectivity index (χ3n) is 11.2. The van der Waals surface area contributed by atoms with Crippen molar-refractivity contribution >= 4 is 25.2 Å². The van der Waals surface area contributed by atoms with Crippen LogP contribution in [-0.4, -0.2) is 36.6 Å². The fourth-order valence-electron chi connectivity index (χ4n) is 6.78. The Balaban J connectivity index is 1.19. The normalized spacial score (nSPS) is 21.6. The molecule has 230 valence electrons. The molecule has 7 rings (SSSR count). The van der Waals surface area contributed by atoms with Crippen LogP contribution in [0.5, 0.6) is 0 Å². The summed E-state index contributed by atoms with van der Waals surface area (Å²) in [5, 5.41) is 0. The van der Waals surface area contributed by atoms with Crippen LogP contribution in [0.2, 0.25) is 0 Å². The molecule has 45 heavy (non-hydrogen) atoms. The highest BCUT2D eigenvalue weighted by Crippen LogP contribution is 2.50. The average molecular weight is 598 g/mol.